The van der Waals surface area contributed by atoms with E-state index in [-0.39, 0.29) is 11.9 Å². The zero-order valence-corrected chi connectivity index (χ0v) is 10.3. The second-order valence-corrected chi connectivity index (χ2v) is 4.66. The minimum Gasteiger partial charge on any atom is -0.481 e. The van der Waals surface area contributed by atoms with Gasteiger partial charge in [-0.2, -0.15) is 11.8 Å². The molecular weight excluding hydrogens is 214 g/mol. The van der Waals surface area contributed by atoms with Crippen LogP contribution >= 0.6 is 11.8 Å². The van der Waals surface area contributed by atoms with E-state index in [1.165, 1.54) is 11.8 Å². The van der Waals surface area contributed by atoms with Crippen molar-refractivity contribution in [3.05, 3.63) is 0 Å². The van der Waals surface area contributed by atoms with Crippen LogP contribution in [0.5, 0.6) is 0 Å². The number of carboxylic acid groups (broad SMARTS) is 1. The monoisotopic (exact) mass is 233 g/mol. The number of hydrogen-bond donors (Lipinski definition) is 2. The maximum absolute atomic E-state index is 11.3. The molecule has 0 saturated carbocycles. The van der Waals surface area contributed by atoms with Crippen molar-refractivity contribution in [2.24, 2.45) is 5.92 Å². The third kappa shape index (κ3) is 7.25. The molecule has 0 aromatic carbocycles. The molecule has 5 heteroatoms. The van der Waals surface area contributed by atoms with Crippen LogP contribution in [0.2, 0.25) is 0 Å². The molecule has 0 aliphatic heterocycles. The van der Waals surface area contributed by atoms with E-state index in [0.717, 1.165) is 6.42 Å². The van der Waals surface area contributed by atoms with E-state index in [1.54, 1.807) is 6.92 Å². The Kier molecular flexibility index (Phi) is 7.21. The molecule has 0 aliphatic rings. The number of carbonyl (C=O) groups excluding carboxylic acids is 1. The van der Waals surface area contributed by atoms with Gasteiger partial charge in [0.1, 0.15) is 0 Å². The molecule has 0 bridgehead atoms. The minimum absolute atomic E-state index is 0.0214. The molecule has 0 aromatic heterocycles. The Balaban J connectivity index is 3.59. The molecule has 15 heavy (non-hydrogen) atoms. The van der Waals surface area contributed by atoms with Gasteiger partial charge in [-0.3, -0.25) is 9.59 Å². The summed E-state index contributed by atoms with van der Waals surface area (Å²) >= 11 is 1.36. The Bertz CT molecular complexity index is 221. The molecule has 0 heterocycles. The van der Waals surface area contributed by atoms with Crippen molar-refractivity contribution in [3.8, 4) is 0 Å². The number of rotatable bonds is 7. The largest absolute Gasteiger partial charge is 0.481 e. The summed E-state index contributed by atoms with van der Waals surface area (Å²) in [5.41, 5.74) is 0. The molecule has 0 fully saturated rings. The second-order valence-electron chi connectivity index (χ2n) is 3.63. The molecule has 0 aliphatic carbocycles. The van der Waals surface area contributed by atoms with Gasteiger partial charge >= 0.3 is 5.97 Å². The third-order valence-corrected chi connectivity index (χ3v) is 3.24. The van der Waals surface area contributed by atoms with Gasteiger partial charge in [0, 0.05) is 11.8 Å². The second kappa shape index (κ2) is 7.56. The van der Waals surface area contributed by atoms with Crippen LogP contribution in [-0.4, -0.2) is 34.5 Å². The highest BCUT2D eigenvalue weighted by molar-refractivity contribution is 7.99. The molecule has 2 atom stereocenters. The first kappa shape index (κ1) is 14.3. The van der Waals surface area contributed by atoms with Gasteiger partial charge in [-0.1, -0.05) is 13.8 Å². The predicted molar refractivity (Wildman–Crippen MR) is 62.0 cm³/mol. The fourth-order valence-electron chi connectivity index (χ4n) is 0.818. The van der Waals surface area contributed by atoms with Crippen LogP contribution in [0.3, 0.4) is 0 Å². The lowest BCUT2D eigenvalue weighted by Crippen LogP contribution is -2.33. The van der Waals surface area contributed by atoms with Crippen LogP contribution in [0.1, 0.15) is 27.2 Å². The number of amides is 1. The molecule has 0 rings (SSSR count). The van der Waals surface area contributed by atoms with E-state index in [2.05, 4.69) is 5.32 Å². The highest BCUT2D eigenvalue weighted by atomic mass is 32.2. The van der Waals surface area contributed by atoms with Crippen molar-refractivity contribution >= 4 is 23.6 Å². The highest BCUT2D eigenvalue weighted by Crippen LogP contribution is 2.08. The van der Waals surface area contributed by atoms with Crippen molar-refractivity contribution < 1.29 is 14.7 Å². The summed E-state index contributed by atoms with van der Waals surface area (Å²) in [6, 6.07) is 0.190. The molecule has 0 spiro atoms. The lowest BCUT2D eigenvalue weighted by atomic mass is 10.2. The lowest BCUT2D eigenvalue weighted by molar-refractivity contribution is -0.140. The number of hydrogen-bond acceptors (Lipinski definition) is 3. The van der Waals surface area contributed by atoms with E-state index in [1.807, 2.05) is 13.8 Å². The predicted octanol–water partition coefficient (Wildman–Crippen LogP) is 1.35. The molecule has 0 aromatic rings. The van der Waals surface area contributed by atoms with Crippen molar-refractivity contribution in [1.82, 2.24) is 5.32 Å². The van der Waals surface area contributed by atoms with Gasteiger partial charge in [-0.25, -0.2) is 0 Å². The maximum Gasteiger partial charge on any atom is 0.307 e. The molecule has 2 N–H and O–H groups in total. The molecule has 4 nitrogen and oxygen atoms in total. The molecule has 0 saturated heterocycles. The Labute approximate surface area is 94.8 Å². The molecular formula is C10H19NO3S. The zero-order chi connectivity index (χ0) is 11.8. The molecule has 88 valence electrons. The smallest absolute Gasteiger partial charge is 0.307 e. The first-order valence-electron chi connectivity index (χ1n) is 5.07. The van der Waals surface area contributed by atoms with Gasteiger partial charge in [0.15, 0.2) is 0 Å². The number of carbonyl (C=O) groups is 2. The van der Waals surface area contributed by atoms with E-state index in [0.29, 0.717) is 11.5 Å². The Morgan fingerprint density at radius 2 is 2.00 bits per heavy atom. The summed E-state index contributed by atoms with van der Waals surface area (Å²) in [5.74, 6) is -0.422. The lowest BCUT2D eigenvalue weighted by Gasteiger charge is -2.11. The molecule has 1 amide bonds. The fraction of sp³-hybridized carbons (Fsp3) is 0.800. The van der Waals surface area contributed by atoms with Gasteiger partial charge in [0.2, 0.25) is 5.91 Å². The van der Waals surface area contributed by atoms with Crippen LogP contribution < -0.4 is 5.32 Å². The van der Waals surface area contributed by atoms with Crippen molar-refractivity contribution in [2.45, 2.75) is 33.2 Å². The summed E-state index contributed by atoms with van der Waals surface area (Å²) in [5, 5.41) is 11.4. The standard InChI is InChI=1S/C10H19NO3S/c1-4-8(3)11-9(12)6-15-5-7(2)10(13)14/h7-8H,4-6H2,1-3H3,(H,11,12)(H,13,14). The fourth-order valence-corrected chi connectivity index (χ4v) is 1.70. The summed E-state index contributed by atoms with van der Waals surface area (Å²) in [6.45, 7) is 5.59. The third-order valence-electron chi connectivity index (χ3n) is 2.04. The molecule has 2 unspecified atom stereocenters. The summed E-state index contributed by atoms with van der Waals surface area (Å²) in [4.78, 5) is 21.8. The van der Waals surface area contributed by atoms with E-state index < -0.39 is 11.9 Å². The first-order chi connectivity index (χ1) is 6.97. The Morgan fingerprint density at radius 1 is 1.40 bits per heavy atom. The summed E-state index contributed by atoms with van der Waals surface area (Å²) < 4.78 is 0. The first-order valence-corrected chi connectivity index (χ1v) is 6.22. The van der Waals surface area contributed by atoms with Gasteiger partial charge in [0.05, 0.1) is 11.7 Å². The van der Waals surface area contributed by atoms with Crippen LogP contribution in [0.25, 0.3) is 0 Å². The SMILES string of the molecule is CCC(C)NC(=O)CSCC(C)C(=O)O. The topological polar surface area (TPSA) is 66.4 Å². The van der Waals surface area contributed by atoms with E-state index in [9.17, 15) is 9.59 Å². The average molecular weight is 233 g/mol. The van der Waals surface area contributed by atoms with Crippen molar-refractivity contribution in [3.63, 3.8) is 0 Å². The van der Waals surface area contributed by atoms with Crippen LogP contribution in [-0.2, 0) is 9.59 Å². The average Bonchev–Trinajstić information content (AvgIpc) is 2.17. The summed E-state index contributed by atoms with van der Waals surface area (Å²) in [7, 11) is 0. The highest BCUT2D eigenvalue weighted by Gasteiger charge is 2.12. The molecule has 0 radical (unpaired) electrons. The van der Waals surface area contributed by atoms with E-state index >= 15 is 0 Å². The van der Waals surface area contributed by atoms with Gasteiger partial charge in [0.25, 0.3) is 0 Å². The minimum atomic E-state index is -0.815. The Morgan fingerprint density at radius 3 is 2.47 bits per heavy atom. The van der Waals surface area contributed by atoms with Crippen molar-refractivity contribution in [2.75, 3.05) is 11.5 Å². The zero-order valence-electron chi connectivity index (χ0n) is 9.45. The summed E-state index contributed by atoms with van der Waals surface area (Å²) in [6.07, 6.45) is 0.905. The van der Waals surface area contributed by atoms with E-state index in [4.69, 9.17) is 5.11 Å². The van der Waals surface area contributed by atoms with Crippen molar-refractivity contribution in [1.29, 1.82) is 0 Å². The van der Waals surface area contributed by atoms with Crippen LogP contribution in [0, 0.1) is 5.92 Å². The van der Waals surface area contributed by atoms with Crippen LogP contribution in [0.15, 0.2) is 0 Å². The van der Waals surface area contributed by atoms with Gasteiger partial charge in [-0.05, 0) is 13.3 Å². The normalized spacial score (nSPS) is 14.3. The quantitative estimate of drug-likeness (QED) is 0.696. The Hall–Kier alpha value is -0.710. The number of nitrogens with one attached hydrogen (secondary N) is 1. The number of thioether (sulfide) groups is 1. The van der Waals surface area contributed by atoms with Gasteiger partial charge in [-0.15, -0.1) is 0 Å². The number of aliphatic carboxylic acids is 1. The van der Waals surface area contributed by atoms with Gasteiger partial charge < -0.3 is 10.4 Å². The number of carboxylic acids is 1. The van der Waals surface area contributed by atoms with Crippen LogP contribution in [0.4, 0.5) is 0 Å². The maximum atomic E-state index is 11.3.